The number of carbonyl (C=O) groups is 2. The summed E-state index contributed by atoms with van der Waals surface area (Å²) in [6, 6.07) is 13.3. The summed E-state index contributed by atoms with van der Waals surface area (Å²) in [6.45, 7) is 1.50. The van der Waals surface area contributed by atoms with Crippen LogP contribution in [0.3, 0.4) is 0 Å². The van der Waals surface area contributed by atoms with Gasteiger partial charge < -0.3 is 10.1 Å². The maximum atomic E-state index is 12.1. The molecule has 0 bridgehead atoms. The Morgan fingerprint density at radius 2 is 1.67 bits per heavy atom. The molecule has 1 amide bonds. The second-order valence-electron chi connectivity index (χ2n) is 5.02. The summed E-state index contributed by atoms with van der Waals surface area (Å²) in [5.41, 5.74) is 0.911. The van der Waals surface area contributed by atoms with Crippen molar-refractivity contribution in [2.45, 2.75) is 17.9 Å². The highest BCUT2D eigenvalue weighted by Crippen LogP contribution is 2.15. The van der Waals surface area contributed by atoms with E-state index in [1.165, 1.54) is 19.1 Å². The first kappa shape index (κ1) is 18.4. The Balaban J connectivity index is 1.96. The van der Waals surface area contributed by atoms with Gasteiger partial charge in [0.05, 0.1) is 5.56 Å². The molecule has 0 saturated carbocycles. The van der Waals surface area contributed by atoms with Crippen LogP contribution in [0, 0.1) is 0 Å². The number of halogens is 1. The van der Waals surface area contributed by atoms with E-state index in [1.54, 1.807) is 42.7 Å². The highest BCUT2D eigenvalue weighted by molar-refractivity contribution is 9.10. The number of rotatable bonds is 5. The lowest BCUT2D eigenvalue weighted by molar-refractivity contribution is -0.123. The van der Waals surface area contributed by atoms with E-state index in [1.807, 2.05) is 0 Å². The molecule has 126 valence electrons. The minimum atomic E-state index is -1.11. The second-order valence-corrected chi connectivity index (χ2v) is 7.32. The Labute approximate surface area is 151 Å². The van der Waals surface area contributed by atoms with Crippen molar-refractivity contribution in [3.8, 4) is 0 Å². The molecular weight excluding hydrogens is 394 g/mol. The zero-order valence-corrected chi connectivity index (χ0v) is 15.5. The number of nitrogens with one attached hydrogen (secondary N) is 1. The van der Waals surface area contributed by atoms with Crippen molar-refractivity contribution >= 4 is 44.3 Å². The number of amides is 1. The van der Waals surface area contributed by atoms with Crippen molar-refractivity contribution in [2.24, 2.45) is 0 Å². The molecule has 1 N–H and O–H groups in total. The van der Waals surface area contributed by atoms with Crippen LogP contribution in [0.25, 0.3) is 0 Å². The molecule has 2 rings (SSSR count). The highest BCUT2D eigenvalue weighted by atomic mass is 79.9. The average Bonchev–Trinajstić information content (AvgIpc) is 2.56. The van der Waals surface area contributed by atoms with Gasteiger partial charge in [-0.2, -0.15) is 0 Å². The van der Waals surface area contributed by atoms with Gasteiger partial charge in [-0.25, -0.2) is 4.79 Å². The van der Waals surface area contributed by atoms with E-state index in [0.29, 0.717) is 16.1 Å². The van der Waals surface area contributed by atoms with Gasteiger partial charge in [-0.1, -0.05) is 15.9 Å². The number of anilines is 1. The maximum absolute atomic E-state index is 12.1. The third-order valence-electron chi connectivity index (χ3n) is 3.19. The molecule has 0 spiro atoms. The highest BCUT2D eigenvalue weighted by Gasteiger charge is 2.19. The molecule has 0 aliphatic carbocycles. The molecule has 0 heterocycles. The summed E-state index contributed by atoms with van der Waals surface area (Å²) in [5.74, 6) is -1.03. The normalized spacial score (nSPS) is 13.0. The number of ether oxygens (including phenoxy) is 1. The zero-order chi connectivity index (χ0) is 17.7. The second kappa shape index (κ2) is 8.21. The summed E-state index contributed by atoms with van der Waals surface area (Å²) in [7, 11) is -1.11. The summed E-state index contributed by atoms with van der Waals surface area (Å²) in [5, 5.41) is 2.67. The maximum Gasteiger partial charge on any atom is 0.338 e. The number of hydrogen-bond donors (Lipinski definition) is 1. The van der Waals surface area contributed by atoms with Crippen LogP contribution < -0.4 is 5.32 Å². The Bertz CT molecular complexity index is 759. The third kappa shape index (κ3) is 5.01. The lowest BCUT2D eigenvalue weighted by Gasteiger charge is -2.13. The first-order chi connectivity index (χ1) is 11.4. The number of hydrogen-bond acceptors (Lipinski definition) is 4. The van der Waals surface area contributed by atoms with Gasteiger partial charge in [0.25, 0.3) is 5.91 Å². The van der Waals surface area contributed by atoms with Crippen molar-refractivity contribution in [3.63, 3.8) is 0 Å². The average molecular weight is 410 g/mol. The van der Waals surface area contributed by atoms with E-state index in [9.17, 15) is 13.8 Å². The van der Waals surface area contributed by atoms with E-state index in [4.69, 9.17) is 4.74 Å². The molecule has 0 aliphatic heterocycles. The van der Waals surface area contributed by atoms with Crippen LogP contribution in [-0.4, -0.2) is 28.4 Å². The smallest absolute Gasteiger partial charge is 0.338 e. The summed E-state index contributed by atoms with van der Waals surface area (Å²) < 4.78 is 17.4. The van der Waals surface area contributed by atoms with Crippen molar-refractivity contribution in [2.75, 3.05) is 11.6 Å². The molecule has 24 heavy (non-hydrogen) atoms. The van der Waals surface area contributed by atoms with Gasteiger partial charge in [0.15, 0.2) is 6.10 Å². The molecule has 2 unspecified atom stereocenters. The third-order valence-corrected chi connectivity index (χ3v) is 4.65. The lowest BCUT2D eigenvalue weighted by Crippen LogP contribution is -2.30. The quantitative estimate of drug-likeness (QED) is 0.768. The predicted octanol–water partition coefficient (Wildman–Crippen LogP) is 3.37. The summed E-state index contributed by atoms with van der Waals surface area (Å²) >= 11 is 3.31. The fourth-order valence-corrected chi connectivity index (χ4v) is 2.63. The van der Waals surface area contributed by atoms with E-state index >= 15 is 0 Å². The van der Waals surface area contributed by atoms with Crippen LogP contribution in [0.1, 0.15) is 17.3 Å². The van der Waals surface area contributed by atoms with Gasteiger partial charge >= 0.3 is 5.97 Å². The van der Waals surface area contributed by atoms with E-state index in [-0.39, 0.29) is 0 Å². The lowest BCUT2D eigenvalue weighted by atomic mass is 10.2. The van der Waals surface area contributed by atoms with Gasteiger partial charge in [0.2, 0.25) is 0 Å². The van der Waals surface area contributed by atoms with Gasteiger partial charge in [-0.05, 0) is 55.5 Å². The van der Waals surface area contributed by atoms with Crippen molar-refractivity contribution < 1.29 is 18.5 Å². The minimum Gasteiger partial charge on any atom is -0.449 e. The summed E-state index contributed by atoms with van der Waals surface area (Å²) in [6.07, 6.45) is 0.614. The van der Waals surface area contributed by atoms with Gasteiger partial charge in [-0.3, -0.25) is 9.00 Å². The van der Waals surface area contributed by atoms with E-state index in [0.717, 1.165) is 4.47 Å². The molecule has 0 fully saturated rings. The Kier molecular flexibility index (Phi) is 6.28. The van der Waals surface area contributed by atoms with Crippen LogP contribution in [0.5, 0.6) is 0 Å². The standard InChI is InChI=1S/C17H16BrNO4S/c1-11(16(20)19-14-7-5-13(18)6-8-14)23-17(21)12-3-9-15(10-4-12)24(2)22/h3-11H,1-2H3,(H,19,20). The molecular formula is C17H16BrNO4S. The van der Waals surface area contributed by atoms with Gasteiger partial charge in [-0.15, -0.1) is 0 Å². The fraction of sp³-hybridized carbons (Fsp3) is 0.176. The summed E-state index contributed by atoms with van der Waals surface area (Å²) in [4.78, 5) is 24.7. The topological polar surface area (TPSA) is 72.5 Å². The van der Waals surface area contributed by atoms with Crippen LogP contribution in [0.15, 0.2) is 57.9 Å². The van der Waals surface area contributed by atoms with Gasteiger partial charge in [0, 0.05) is 32.1 Å². The molecule has 0 radical (unpaired) electrons. The van der Waals surface area contributed by atoms with Crippen molar-refractivity contribution in [3.05, 3.63) is 58.6 Å². The monoisotopic (exact) mass is 409 g/mol. The largest absolute Gasteiger partial charge is 0.449 e. The zero-order valence-electron chi connectivity index (χ0n) is 13.1. The Morgan fingerprint density at radius 1 is 1.08 bits per heavy atom. The SMILES string of the molecule is CC(OC(=O)c1ccc(S(C)=O)cc1)C(=O)Nc1ccc(Br)cc1. The van der Waals surface area contributed by atoms with Crippen LogP contribution in [-0.2, 0) is 20.3 Å². The molecule has 5 nitrogen and oxygen atoms in total. The molecule has 0 aliphatic rings. The molecule has 7 heteroatoms. The number of esters is 1. The number of carbonyl (C=O) groups excluding carboxylic acids is 2. The molecule has 0 saturated heterocycles. The Morgan fingerprint density at radius 3 is 2.21 bits per heavy atom. The minimum absolute atomic E-state index is 0.299. The first-order valence-corrected chi connectivity index (χ1v) is 9.43. The molecule has 0 aromatic heterocycles. The fourth-order valence-electron chi connectivity index (χ4n) is 1.84. The van der Waals surface area contributed by atoms with Crippen LogP contribution in [0.2, 0.25) is 0 Å². The molecule has 2 aromatic carbocycles. The number of benzene rings is 2. The van der Waals surface area contributed by atoms with Crippen LogP contribution >= 0.6 is 15.9 Å². The van der Waals surface area contributed by atoms with Crippen LogP contribution in [0.4, 0.5) is 5.69 Å². The Hall–Kier alpha value is -1.99. The van der Waals surface area contributed by atoms with E-state index < -0.39 is 28.8 Å². The van der Waals surface area contributed by atoms with E-state index in [2.05, 4.69) is 21.2 Å². The van der Waals surface area contributed by atoms with Crippen molar-refractivity contribution in [1.29, 1.82) is 0 Å². The van der Waals surface area contributed by atoms with Crippen molar-refractivity contribution in [1.82, 2.24) is 0 Å². The molecule has 2 aromatic rings. The first-order valence-electron chi connectivity index (χ1n) is 7.07. The van der Waals surface area contributed by atoms with Gasteiger partial charge in [0.1, 0.15) is 0 Å². The molecule has 2 atom stereocenters. The predicted molar refractivity (Wildman–Crippen MR) is 96.4 cm³/mol.